The first-order valence-corrected chi connectivity index (χ1v) is 6.67. The van der Waals surface area contributed by atoms with Gasteiger partial charge in [-0.3, -0.25) is 4.79 Å². The van der Waals surface area contributed by atoms with Gasteiger partial charge in [0.2, 0.25) is 0 Å². The molecule has 0 aromatic heterocycles. The van der Waals surface area contributed by atoms with Gasteiger partial charge < -0.3 is 5.11 Å². The predicted octanol–water partition coefficient (Wildman–Crippen LogP) is 1.18. The predicted molar refractivity (Wildman–Crippen MR) is 58.8 cm³/mol. The lowest BCUT2D eigenvalue weighted by molar-refractivity contribution is -0.140. The van der Waals surface area contributed by atoms with E-state index in [9.17, 15) is 18.3 Å². The number of sulfone groups is 1. The molecule has 0 amide bonds. The van der Waals surface area contributed by atoms with Crippen LogP contribution in [0.25, 0.3) is 0 Å². The number of carbonyl (C=O) groups is 1. The van der Waals surface area contributed by atoms with Gasteiger partial charge in [0.25, 0.3) is 0 Å². The van der Waals surface area contributed by atoms with Crippen molar-refractivity contribution in [2.45, 2.75) is 17.6 Å². The minimum absolute atomic E-state index is 0.0474. The maximum atomic E-state index is 11.9. The second-order valence-electron chi connectivity index (χ2n) is 3.92. The van der Waals surface area contributed by atoms with Gasteiger partial charge in [-0.15, -0.1) is 0 Å². The van der Waals surface area contributed by atoms with Crippen LogP contribution in [0, 0.1) is 0 Å². The van der Waals surface area contributed by atoms with Gasteiger partial charge in [-0.1, -0.05) is 30.3 Å². The number of benzene rings is 1. The van der Waals surface area contributed by atoms with E-state index >= 15 is 0 Å². The Morgan fingerprint density at radius 3 is 2.31 bits per heavy atom. The molecule has 0 bridgehead atoms. The van der Waals surface area contributed by atoms with Crippen molar-refractivity contribution in [3.05, 3.63) is 35.9 Å². The average molecular weight is 240 g/mol. The summed E-state index contributed by atoms with van der Waals surface area (Å²) < 4.78 is 22.2. The van der Waals surface area contributed by atoms with Gasteiger partial charge >= 0.3 is 5.97 Å². The van der Waals surface area contributed by atoms with Gasteiger partial charge in [0.15, 0.2) is 14.6 Å². The van der Waals surface area contributed by atoms with Gasteiger partial charge in [0.1, 0.15) is 0 Å². The van der Waals surface area contributed by atoms with E-state index in [1.165, 1.54) is 0 Å². The number of aliphatic carboxylic acids is 1. The van der Waals surface area contributed by atoms with E-state index in [0.29, 0.717) is 12.0 Å². The van der Waals surface area contributed by atoms with E-state index in [1.807, 2.05) is 0 Å². The second kappa shape index (κ2) is 3.59. The van der Waals surface area contributed by atoms with Gasteiger partial charge in [0, 0.05) is 0 Å². The lowest BCUT2D eigenvalue weighted by Gasteiger charge is -2.23. The van der Waals surface area contributed by atoms with E-state index in [0.717, 1.165) is 0 Å². The lowest BCUT2D eigenvalue weighted by Crippen LogP contribution is -2.40. The molecule has 86 valence electrons. The van der Waals surface area contributed by atoms with E-state index in [-0.39, 0.29) is 12.2 Å². The molecule has 16 heavy (non-hydrogen) atoms. The Hall–Kier alpha value is -1.36. The number of carboxylic acids is 1. The van der Waals surface area contributed by atoms with Crippen molar-refractivity contribution in [1.82, 2.24) is 0 Å². The maximum absolute atomic E-state index is 11.9. The van der Waals surface area contributed by atoms with E-state index in [1.54, 1.807) is 30.3 Å². The fourth-order valence-electron chi connectivity index (χ4n) is 2.24. The molecule has 1 aliphatic rings. The first-order valence-electron chi connectivity index (χ1n) is 5.02. The number of hydrogen-bond donors (Lipinski definition) is 1. The smallest absolute Gasteiger partial charge is 0.329 e. The third-order valence-corrected chi connectivity index (χ3v) is 5.56. The molecule has 1 atom stereocenters. The Morgan fingerprint density at radius 2 is 1.88 bits per heavy atom. The Kier molecular flexibility index (Phi) is 2.50. The molecular weight excluding hydrogens is 228 g/mol. The molecule has 1 aromatic rings. The summed E-state index contributed by atoms with van der Waals surface area (Å²) >= 11 is 0. The molecular formula is C11H12O4S. The molecule has 1 saturated heterocycles. The van der Waals surface area contributed by atoms with Crippen LogP contribution in [-0.4, -0.2) is 25.2 Å². The second-order valence-corrected chi connectivity index (χ2v) is 6.26. The molecule has 0 spiro atoms. The van der Waals surface area contributed by atoms with Gasteiger partial charge in [-0.25, -0.2) is 8.42 Å². The highest BCUT2D eigenvalue weighted by atomic mass is 32.2. The Bertz CT molecular complexity index is 506. The van der Waals surface area contributed by atoms with Gasteiger partial charge in [0.05, 0.1) is 5.75 Å². The van der Waals surface area contributed by atoms with Gasteiger partial charge in [-0.05, 0) is 18.4 Å². The van der Waals surface area contributed by atoms with Gasteiger partial charge in [-0.2, -0.15) is 0 Å². The van der Waals surface area contributed by atoms with Crippen molar-refractivity contribution >= 4 is 15.8 Å². The summed E-state index contributed by atoms with van der Waals surface area (Å²) in [6.45, 7) is 0. The zero-order valence-electron chi connectivity index (χ0n) is 8.59. The molecule has 0 aliphatic carbocycles. The molecule has 0 saturated carbocycles. The molecule has 0 radical (unpaired) electrons. The normalized spacial score (nSPS) is 27.8. The van der Waals surface area contributed by atoms with Crippen LogP contribution < -0.4 is 0 Å². The SMILES string of the molecule is O=C(O)C1(c2ccccc2)CCCS1(=O)=O. The summed E-state index contributed by atoms with van der Waals surface area (Å²) in [6, 6.07) is 8.19. The van der Waals surface area contributed by atoms with E-state index < -0.39 is 20.6 Å². The molecule has 4 nitrogen and oxygen atoms in total. The van der Waals surface area contributed by atoms with Crippen molar-refractivity contribution in [1.29, 1.82) is 0 Å². The van der Waals surface area contributed by atoms with Crippen LogP contribution in [0.5, 0.6) is 0 Å². The first kappa shape index (κ1) is 11.1. The molecule has 5 heteroatoms. The van der Waals surface area contributed by atoms with Crippen LogP contribution in [0.1, 0.15) is 18.4 Å². The minimum Gasteiger partial charge on any atom is -0.480 e. The Balaban J connectivity index is 2.67. The van der Waals surface area contributed by atoms with Crippen molar-refractivity contribution < 1.29 is 18.3 Å². The molecule has 1 heterocycles. The molecule has 1 N–H and O–H groups in total. The summed E-state index contributed by atoms with van der Waals surface area (Å²) in [6.07, 6.45) is 0.568. The van der Waals surface area contributed by atoms with E-state index in [4.69, 9.17) is 0 Å². The van der Waals surface area contributed by atoms with Crippen LogP contribution in [-0.2, 0) is 19.4 Å². The largest absolute Gasteiger partial charge is 0.480 e. The topological polar surface area (TPSA) is 71.4 Å². The van der Waals surface area contributed by atoms with Crippen LogP contribution in [0.3, 0.4) is 0 Å². The fraction of sp³-hybridized carbons (Fsp3) is 0.364. The van der Waals surface area contributed by atoms with Crippen LogP contribution in [0.4, 0.5) is 0 Å². The van der Waals surface area contributed by atoms with E-state index in [2.05, 4.69) is 0 Å². The quantitative estimate of drug-likeness (QED) is 0.842. The van der Waals surface area contributed by atoms with Crippen LogP contribution >= 0.6 is 0 Å². The van der Waals surface area contributed by atoms with Crippen molar-refractivity contribution in [2.75, 3.05) is 5.75 Å². The summed E-state index contributed by atoms with van der Waals surface area (Å²) in [5.41, 5.74) is 0.361. The lowest BCUT2D eigenvalue weighted by atomic mass is 9.94. The summed E-state index contributed by atoms with van der Waals surface area (Å²) in [7, 11) is -3.60. The number of carboxylic acid groups (broad SMARTS) is 1. The molecule has 1 fully saturated rings. The number of hydrogen-bond acceptors (Lipinski definition) is 3. The first-order chi connectivity index (χ1) is 7.51. The third kappa shape index (κ3) is 1.35. The molecule has 1 aromatic carbocycles. The fourth-order valence-corrected chi connectivity index (χ4v) is 4.33. The molecule has 1 aliphatic heterocycles. The van der Waals surface area contributed by atoms with Crippen molar-refractivity contribution in [3.63, 3.8) is 0 Å². The summed E-state index contributed by atoms with van der Waals surface area (Å²) in [4.78, 5) is 11.4. The number of rotatable bonds is 2. The maximum Gasteiger partial charge on any atom is 0.329 e. The summed E-state index contributed by atoms with van der Waals surface area (Å²) in [5.74, 6) is -1.31. The molecule has 2 rings (SSSR count). The highest BCUT2D eigenvalue weighted by molar-refractivity contribution is 7.93. The Morgan fingerprint density at radius 1 is 1.25 bits per heavy atom. The Labute approximate surface area is 93.8 Å². The summed E-state index contributed by atoms with van der Waals surface area (Å²) in [5, 5.41) is 9.27. The van der Waals surface area contributed by atoms with Crippen molar-refractivity contribution in [3.8, 4) is 0 Å². The highest BCUT2D eigenvalue weighted by Gasteiger charge is 2.55. The zero-order valence-corrected chi connectivity index (χ0v) is 9.40. The van der Waals surface area contributed by atoms with Crippen LogP contribution in [0.2, 0.25) is 0 Å². The van der Waals surface area contributed by atoms with Crippen LogP contribution in [0.15, 0.2) is 30.3 Å². The average Bonchev–Trinajstić information content (AvgIpc) is 2.56. The monoisotopic (exact) mass is 240 g/mol. The zero-order chi connectivity index (χ0) is 11.8. The minimum atomic E-state index is -3.60. The molecule has 1 unspecified atom stereocenters. The van der Waals surface area contributed by atoms with Crippen molar-refractivity contribution in [2.24, 2.45) is 0 Å². The third-order valence-electron chi connectivity index (χ3n) is 3.06. The standard InChI is InChI=1S/C11H12O4S/c12-10(13)11(7-4-8-16(11,14)15)9-5-2-1-3-6-9/h1-3,5-6H,4,7-8H2,(H,12,13). The highest BCUT2D eigenvalue weighted by Crippen LogP contribution is 2.41.